The van der Waals surface area contributed by atoms with Gasteiger partial charge >= 0.3 is 6.18 Å². The Morgan fingerprint density at radius 3 is 2.57 bits per heavy atom. The van der Waals surface area contributed by atoms with Crippen LogP contribution in [0.25, 0.3) is 0 Å². The second kappa shape index (κ2) is 5.47. The fourth-order valence-electron chi connectivity index (χ4n) is 2.33. The number of alkyl halides is 3. The molecule has 1 aliphatic heterocycles. The normalized spacial score (nSPS) is 20.9. The molecule has 0 saturated carbocycles. The molecule has 0 aromatic heterocycles. The van der Waals surface area contributed by atoms with Crippen LogP contribution in [-0.4, -0.2) is 42.1 Å². The smallest absolute Gasteiger partial charge is 0.416 e. The van der Waals surface area contributed by atoms with E-state index in [-0.39, 0.29) is 6.54 Å². The zero-order chi connectivity index (χ0) is 15.8. The summed E-state index contributed by atoms with van der Waals surface area (Å²) in [5.41, 5.74) is -1.15. The summed E-state index contributed by atoms with van der Waals surface area (Å²) >= 11 is 0. The third-order valence-electron chi connectivity index (χ3n) is 3.41. The molecule has 118 valence electrons. The van der Waals surface area contributed by atoms with E-state index in [0.717, 1.165) is 4.31 Å². The van der Waals surface area contributed by atoms with Crippen molar-refractivity contribution in [1.82, 2.24) is 4.31 Å². The van der Waals surface area contributed by atoms with Crippen molar-refractivity contribution >= 4 is 10.0 Å². The van der Waals surface area contributed by atoms with Crippen molar-refractivity contribution in [3.63, 3.8) is 0 Å². The first-order chi connectivity index (χ1) is 9.67. The molecular weight excluding hydrogens is 311 g/mol. The summed E-state index contributed by atoms with van der Waals surface area (Å²) in [6.07, 6.45) is -3.78. The first-order valence-corrected chi connectivity index (χ1v) is 7.65. The van der Waals surface area contributed by atoms with Crippen LogP contribution >= 0.6 is 0 Å². The van der Waals surface area contributed by atoms with Crippen LogP contribution in [0.3, 0.4) is 0 Å². The van der Waals surface area contributed by atoms with Gasteiger partial charge in [-0.1, -0.05) is 0 Å². The van der Waals surface area contributed by atoms with E-state index < -0.39 is 45.1 Å². The molecule has 1 fully saturated rings. The van der Waals surface area contributed by atoms with Crippen molar-refractivity contribution in [3.8, 4) is 5.75 Å². The van der Waals surface area contributed by atoms with Crippen LogP contribution in [0.4, 0.5) is 13.2 Å². The summed E-state index contributed by atoms with van der Waals surface area (Å²) in [5, 5.41) is 18.8. The molecule has 2 rings (SSSR count). The molecule has 0 aliphatic carbocycles. The fraction of sp³-hybridized carbons (Fsp3) is 0.500. The Morgan fingerprint density at radius 1 is 1.33 bits per heavy atom. The molecule has 1 atom stereocenters. The third-order valence-corrected chi connectivity index (χ3v) is 5.39. The van der Waals surface area contributed by atoms with E-state index in [1.807, 2.05) is 0 Å². The van der Waals surface area contributed by atoms with Crippen molar-refractivity contribution < 1.29 is 31.8 Å². The van der Waals surface area contributed by atoms with Gasteiger partial charge in [0, 0.05) is 12.6 Å². The van der Waals surface area contributed by atoms with Crippen LogP contribution < -0.4 is 0 Å². The van der Waals surface area contributed by atoms with Crippen LogP contribution in [0.2, 0.25) is 0 Å². The molecule has 1 aliphatic rings. The molecule has 9 heteroatoms. The molecule has 0 bridgehead atoms. The van der Waals surface area contributed by atoms with Crippen molar-refractivity contribution in [2.45, 2.75) is 30.0 Å². The molecule has 1 aromatic rings. The van der Waals surface area contributed by atoms with Gasteiger partial charge < -0.3 is 10.2 Å². The second-order valence-electron chi connectivity index (χ2n) is 4.77. The summed E-state index contributed by atoms with van der Waals surface area (Å²) in [5.74, 6) is -0.744. The average molecular weight is 325 g/mol. The SMILES string of the molecule is O=S(=O)(c1cc(C(F)(F)F)ccc1O)N1CCC[C@@H]1CO. The van der Waals surface area contributed by atoms with Gasteiger partial charge in [-0.15, -0.1) is 0 Å². The van der Waals surface area contributed by atoms with Gasteiger partial charge in [-0.25, -0.2) is 8.42 Å². The van der Waals surface area contributed by atoms with Crippen molar-refractivity contribution in [2.75, 3.05) is 13.2 Å². The number of aliphatic hydroxyl groups excluding tert-OH is 1. The number of nitrogens with zero attached hydrogens (tertiary/aromatic N) is 1. The summed E-state index contributed by atoms with van der Waals surface area (Å²) in [4.78, 5) is -0.794. The Hall–Kier alpha value is -1.32. The summed E-state index contributed by atoms with van der Waals surface area (Å²) in [6.45, 7) is -0.317. The number of aliphatic hydroxyl groups is 1. The lowest BCUT2D eigenvalue weighted by Crippen LogP contribution is -2.37. The molecule has 0 spiro atoms. The molecular formula is C12H14F3NO4S. The quantitative estimate of drug-likeness (QED) is 0.884. The Bertz CT molecular complexity index is 630. The topological polar surface area (TPSA) is 77.8 Å². The number of sulfonamides is 1. The van der Waals surface area contributed by atoms with E-state index in [2.05, 4.69) is 0 Å². The van der Waals surface area contributed by atoms with E-state index in [4.69, 9.17) is 5.11 Å². The Morgan fingerprint density at radius 2 is 2.00 bits per heavy atom. The number of halogens is 3. The zero-order valence-corrected chi connectivity index (χ0v) is 11.7. The highest BCUT2D eigenvalue weighted by Crippen LogP contribution is 2.36. The van der Waals surface area contributed by atoms with Gasteiger partial charge in [0.1, 0.15) is 10.6 Å². The first kappa shape index (κ1) is 16.1. The van der Waals surface area contributed by atoms with Crippen LogP contribution in [0, 0.1) is 0 Å². The summed E-state index contributed by atoms with van der Waals surface area (Å²) < 4.78 is 63.7. The highest BCUT2D eigenvalue weighted by molar-refractivity contribution is 7.89. The second-order valence-corrected chi connectivity index (χ2v) is 6.63. The number of phenols is 1. The van der Waals surface area contributed by atoms with Gasteiger partial charge in [-0.3, -0.25) is 0 Å². The molecule has 0 unspecified atom stereocenters. The predicted molar refractivity (Wildman–Crippen MR) is 67.1 cm³/mol. The fourth-order valence-corrected chi connectivity index (χ4v) is 4.13. The number of aromatic hydroxyl groups is 1. The van der Waals surface area contributed by atoms with Crippen molar-refractivity contribution in [2.24, 2.45) is 0 Å². The van der Waals surface area contributed by atoms with Crippen LogP contribution in [0.5, 0.6) is 5.75 Å². The number of hydrogen-bond acceptors (Lipinski definition) is 4. The van der Waals surface area contributed by atoms with E-state index in [1.54, 1.807) is 0 Å². The monoisotopic (exact) mass is 325 g/mol. The van der Waals surface area contributed by atoms with Crippen LogP contribution in [0.15, 0.2) is 23.1 Å². The number of benzene rings is 1. The summed E-state index contributed by atoms with van der Waals surface area (Å²) in [6, 6.07) is 1.06. The minimum absolute atomic E-state index is 0.100. The zero-order valence-electron chi connectivity index (χ0n) is 10.8. The van der Waals surface area contributed by atoms with Gasteiger partial charge in [-0.2, -0.15) is 17.5 Å². The van der Waals surface area contributed by atoms with Crippen LogP contribution in [0.1, 0.15) is 18.4 Å². The molecule has 1 saturated heterocycles. The van der Waals surface area contributed by atoms with Crippen LogP contribution in [-0.2, 0) is 16.2 Å². The molecule has 1 aromatic carbocycles. The first-order valence-electron chi connectivity index (χ1n) is 6.21. The molecule has 1 heterocycles. The van der Waals surface area contributed by atoms with Gasteiger partial charge in [0.25, 0.3) is 0 Å². The molecule has 2 N–H and O–H groups in total. The highest BCUT2D eigenvalue weighted by Gasteiger charge is 2.38. The molecule has 0 radical (unpaired) electrons. The number of phenolic OH excluding ortho intramolecular Hbond substituents is 1. The minimum atomic E-state index is -4.71. The van der Waals surface area contributed by atoms with E-state index >= 15 is 0 Å². The molecule has 21 heavy (non-hydrogen) atoms. The Balaban J connectivity index is 2.49. The van der Waals surface area contributed by atoms with Gasteiger partial charge in [0.05, 0.1) is 12.2 Å². The summed E-state index contributed by atoms with van der Waals surface area (Å²) in [7, 11) is -4.29. The standard InChI is InChI=1S/C12H14F3NO4S/c13-12(14,15)8-3-4-10(18)11(6-8)21(19,20)16-5-1-2-9(16)7-17/h3-4,6,9,17-18H,1-2,5,7H2/t9-/m1/s1. The van der Waals surface area contributed by atoms with E-state index in [0.29, 0.717) is 31.0 Å². The lowest BCUT2D eigenvalue weighted by Gasteiger charge is -2.23. The van der Waals surface area contributed by atoms with Gasteiger partial charge in [-0.05, 0) is 31.0 Å². The largest absolute Gasteiger partial charge is 0.507 e. The van der Waals surface area contributed by atoms with Crippen molar-refractivity contribution in [3.05, 3.63) is 23.8 Å². The lowest BCUT2D eigenvalue weighted by molar-refractivity contribution is -0.137. The Kier molecular flexibility index (Phi) is 4.18. The number of rotatable bonds is 3. The molecule has 0 amide bonds. The predicted octanol–water partition coefficient (Wildman–Crippen LogP) is 1.56. The van der Waals surface area contributed by atoms with E-state index in [9.17, 15) is 26.7 Å². The lowest BCUT2D eigenvalue weighted by atomic mass is 10.2. The van der Waals surface area contributed by atoms with Crippen molar-refractivity contribution in [1.29, 1.82) is 0 Å². The maximum absolute atomic E-state index is 12.7. The average Bonchev–Trinajstić information content (AvgIpc) is 2.86. The van der Waals surface area contributed by atoms with E-state index in [1.165, 1.54) is 0 Å². The maximum Gasteiger partial charge on any atom is 0.416 e. The minimum Gasteiger partial charge on any atom is -0.507 e. The van der Waals surface area contributed by atoms with Gasteiger partial charge in [0.2, 0.25) is 10.0 Å². The maximum atomic E-state index is 12.7. The molecule has 5 nitrogen and oxygen atoms in total. The third kappa shape index (κ3) is 2.99. The highest BCUT2D eigenvalue weighted by atomic mass is 32.2. The Labute approximate surface area is 119 Å². The number of hydrogen-bond donors (Lipinski definition) is 2. The van der Waals surface area contributed by atoms with Gasteiger partial charge in [0.15, 0.2) is 0 Å².